The molecule has 2 saturated carbocycles. The molecule has 7 heteroatoms. The highest BCUT2D eigenvalue weighted by Gasteiger charge is 2.31. The molecule has 5 rings (SSSR count). The summed E-state index contributed by atoms with van der Waals surface area (Å²) in [5.41, 5.74) is 3.40. The lowest BCUT2D eigenvalue weighted by atomic mass is 9.67. The fourth-order valence-corrected chi connectivity index (χ4v) is 6.32. The molecular weight excluding hydrogens is 427 g/mol. The summed E-state index contributed by atoms with van der Waals surface area (Å²) in [7, 11) is 2.17. The van der Waals surface area contributed by atoms with E-state index in [-0.39, 0.29) is 0 Å². The second kappa shape index (κ2) is 10.5. The monoisotopic (exact) mass is 466 g/mol. The van der Waals surface area contributed by atoms with E-state index in [1.165, 1.54) is 56.0 Å². The van der Waals surface area contributed by atoms with E-state index in [4.69, 9.17) is 0 Å². The first-order valence-corrected chi connectivity index (χ1v) is 13.1. The van der Waals surface area contributed by atoms with E-state index in [0.717, 1.165) is 62.6 Å². The van der Waals surface area contributed by atoms with Crippen molar-refractivity contribution < 1.29 is 4.39 Å². The van der Waals surface area contributed by atoms with Crippen molar-refractivity contribution >= 4 is 23.1 Å². The predicted octanol–water partition coefficient (Wildman–Crippen LogP) is 5.44. The van der Waals surface area contributed by atoms with Gasteiger partial charge in [-0.1, -0.05) is 19.3 Å². The number of fused-ring (bicyclic) bond motifs is 2. The molecular formula is C27H39FN6. The first-order valence-electron chi connectivity index (χ1n) is 13.1. The Balaban J connectivity index is 1.17. The van der Waals surface area contributed by atoms with E-state index in [1.807, 2.05) is 0 Å². The molecule has 2 atom stereocenters. The molecule has 1 aromatic heterocycles. The Kier molecular flexibility index (Phi) is 7.18. The maximum atomic E-state index is 14.4. The van der Waals surface area contributed by atoms with Crippen molar-refractivity contribution in [2.75, 3.05) is 55.3 Å². The molecule has 0 spiro atoms. The van der Waals surface area contributed by atoms with E-state index in [2.05, 4.69) is 62.6 Å². The number of aryl methyl sites for hydroxylation is 1. The number of hydrogen-bond donors (Lipinski definition) is 2. The largest absolute Gasteiger partial charge is 0.369 e. The molecule has 1 aliphatic heterocycles. The highest BCUT2D eigenvalue weighted by molar-refractivity contribution is 5.64. The number of likely N-dealkylation sites (N-methyl/N-ethyl adjacent to an activating group) is 1. The smallest absolute Gasteiger partial charge is 0.229 e. The number of aromatic nitrogens is 2. The van der Waals surface area contributed by atoms with Crippen molar-refractivity contribution in [3.05, 3.63) is 35.8 Å². The van der Waals surface area contributed by atoms with Gasteiger partial charge < -0.3 is 20.4 Å². The fourth-order valence-electron chi connectivity index (χ4n) is 6.32. The molecule has 1 saturated heterocycles. The second-order valence-corrected chi connectivity index (χ2v) is 10.8. The standard InChI is InChI=1S/C27H39FN6/c1-19-14-23(6-7-25(19)34-12-10-33(2)11-13-34)31-27-30-18-24(28)26(32-27)29-9-8-22-16-20-4-3-5-21(15-20)17-22/h6-7,14,18,20-22H,3-5,8-13,15-17H2,1-2H3,(H2,29,30,31,32). The maximum Gasteiger partial charge on any atom is 0.229 e. The zero-order valence-electron chi connectivity index (χ0n) is 20.7. The van der Waals surface area contributed by atoms with Crippen LogP contribution in [-0.2, 0) is 0 Å². The van der Waals surface area contributed by atoms with Gasteiger partial charge in [-0.2, -0.15) is 4.98 Å². The van der Waals surface area contributed by atoms with Crippen LogP contribution >= 0.6 is 0 Å². The zero-order valence-corrected chi connectivity index (χ0v) is 20.7. The first-order chi connectivity index (χ1) is 16.5. The number of nitrogens with one attached hydrogen (secondary N) is 2. The van der Waals surface area contributed by atoms with Crippen molar-refractivity contribution in [1.29, 1.82) is 0 Å². The van der Waals surface area contributed by atoms with Crippen LogP contribution in [0.15, 0.2) is 24.4 Å². The predicted molar refractivity (Wildman–Crippen MR) is 137 cm³/mol. The van der Waals surface area contributed by atoms with Gasteiger partial charge in [0.1, 0.15) is 0 Å². The molecule has 2 aliphatic carbocycles. The average molecular weight is 467 g/mol. The Morgan fingerprint density at radius 3 is 2.56 bits per heavy atom. The van der Waals surface area contributed by atoms with E-state index >= 15 is 0 Å². The number of hydrogen-bond acceptors (Lipinski definition) is 6. The molecule has 1 aromatic carbocycles. The third-order valence-corrected chi connectivity index (χ3v) is 8.11. The minimum absolute atomic E-state index is 0.291. The molecule has 2 heterocycles. The number of nitrogens with zero attached hydrogens (tertiary/aromatic N) is 4. The van der Waals surface area contributed by atoms with E-state index in [1.54, 1.807) is 0 Å². The molecule has 2 N–H and O–H groups in total. The summed E-state index contributed by atoms with van der Waals surface area (Å²) in [6.07, 6.45) is 10.7. The number of piperazine rings is 1. The van der Waals surface area contributed by atoms with Gasteiger partial charge >= 0.3 is 0 Å². The number of anilines is 4. The molecule has 34 heavy (non-hydrogen) atoms. The van der Waals surface area contributed by atoms with Crippen molar-refractivity contribution in [3.63, 3.8) is 0 Å². The Morgan fingerprint density at radius 1 is 1.06 bits per heavy atom. The van der Waals surface area contributed by atoms with Gasteiger partial charge in [0.25, 0.3) is 0 Å². The van der Waals surface area contributed by atoms with Crippen LogP contribution in [0.25, 0.3) is 0 Å². The highest BCUT2D eigenvalue weighted by Crippen LogP contribution is 2.43. The van der Waals surface area contributed by atoms with Gasteiger partial charge in [-0.25, -0.2) is 9.37 Å². The molecule has 3 aliphatic rings. The van der Waals surface area contributed by atoms with Crippen molar-refractivity contribution in [2.24, 2.45) is 17.8 Å². The Labute approximate surface area is 203 Å². The molecule has 0 radical (unpaired) electrons. The highest BCUT2D eigenvalue weighted by atomic mass is 19.1. The topological polar surface area (TPSA) is 56.3 Å². The lowest BCUT2D eigenvalue weighted by Crippen LogP contribution is -2.44. The average Bonchev–Trinajstić information content (AvgIpc) is 2.82. The third kappa shape index (κ3) is 5.62. The van der Waals surface area contributed by atoms with Crippen LogP contribution in [0.5, 0.6) is 0 Å². The van der Waals surface area contributed by atoms with Crippen LogP contribution in [0, 0.1) is 30.5 Å². The first kappa shape index (κ1) is 23.3. The van der Waals surface area contributed by atoms with E-state index < -0.39 is 5.82 Å². The number of rotatable bonds is 7. The van der Waals surface area contributed by atoms with Gasteiger partial charge in [0.2, 0.25) is 5.95 Å². The minimum Gasteiger partial charge on any atom is -0.369 e. The van der Waals surface area contributed by atoms with E-state index in [0.29, 0.717) is 11.8 Å². The van der Waals surface area contributed by atoms with Crippen LogP contribution < -0.4 is 15.5 Å². The lowest BCUT2D eigenvalue weighted by molar-refractivity contribution is 0.134. The summed E-state index contributed by atoms with van der Waals surface area (Å²) in [6, 6.07) is 6.33. The molecule has 184 valence electrons. The van der Waals surface area contributed by atoms with Gasteiger partial charge in [-0.15, -0.1) is 0 Å². The molecule has 2 bridgehead atoms. The van der Waals surface area contributed by atoms with Gasteiger partial charge in [0.15, 0.2) is 11.6 Å². The minimum atomic E-state index is -0.396. The summed E-state index contributed by atoms with van der Waals surface area (Å²) in [6.45, 7) is 7.15. The second-order valence-electron chi connectivity index (χ2n) is 10.8. The van der Waals surface area contributed by atoms with Gasteiger partial charge in [0, 0.05) is 44.1 Å². The maximum absolute atomic E-state index is 14.4. The molecule has 2 unspecified atom stereocenters. The number of halogens is 1. The van der Waals surface area contributed by atoms with Gasteiger partial charge in [-0.3, -0.25) is 0 Å². The van der Waals surface area contributed by atoms with Crippen LogP contribution in [0.2, 0.25) is 0 Å². The van der Waals surface area contributed by atoms with Crippen LogP contribution in [0.3, 0.4) is 0 Å². The summed E-state index contributed by atoms with van der Waals surface area (Å²) < 4.78 is 14.4. The van der Waals surface area contributed by atoms with Crippen LogP contribution in [-0.4, -0.2) is 54.6 Å². The third-order valence-electron chi connectivity index (χ3n) is 8.11. The Morgan fingerprint density at radius 2 is 1.82 bits per heavy atom. The summed E-state index contributed by atoms with van der Waals surface area (Å²) in [5, 5.41) is 6.50. The summed E-state index contributed by atoms with van der Waals surface area (Å²) >= 11 is 0. The van der Waals surface area contributed by atoms with Crippen molar-refractivity contribution in [3.8, 4) is 0 Å². The van der Waals surface area contributed by atoms with Crippen LogP contribution in [0.4, 0.5) is 27.5 Å². The zero-order chi connectivity index (χ0) is 23.5. The Hall–Kier alpha value is -2.41. The van der Waals surface area contributed by atoms with Crippen molar-refractivity contribution in [2.45, 2.75) is 51.9 Å². The lowest BCUT2D eigenvalue weighted by Gasteiger charge is -2.39. The van der Waals surface area contributed by atoms with Crippen LogP contribution in [0.1, 0.15) is 50.5 Å². The molecule has 2 aromatic rings. The quantitative estimate of drug-likeness (QED) is 0.567. The van der Waals surface area contributed by atoms with Crippen molar-refractivity contribution in [1.82, 2.24) is 14.9 Å². The number of benzene rings is 1. The SMILES string of the molecule is Cc1cc(Nc2ncc(F)c(NCCC3CC4CCCC(C4)C3)n2)ccc1N1CCN(C)CC1. The summed E-state index contributed by atoms with van der Waals surface area (Å²) in [4.78, 5) is 13.4. The van der Waals surface area contributed by atoms with Gasteiger partial charge in [0.05, 0.1) is 6.20 Å². The molecule has 6 nitrogen and oxygen atoms in total. The fraction of sp³-hybridized carbons (Fsp3) is 0.630. The normalized spacial score (nSPS) is 25.3. The molecule has 0 amide bonds. The summed E-state index contributed by atoms with van der Waals surface area (Å²) in [5.74, 6) is 2.93. The van der Waals surface area contributed by atoms with Gasteiger partial charge in [-0.05, 0) is 81.2 Å². The molecule has 3 fully saturated rings. The van der Waals surface area contributed by atoms with E-state index in [9.17, 15) is 4.39 Å². The Bertz CT molecular complexity index is 962.